The van der Waals surface area contributed by atoms with Crippen LogP contribution in [0.2, 0.25) is 0 Å². The molecule has 4 aromatic carbocycles. The van der Waals surface area contributed by atoms with E-state index in [0.717, 1.165) is 57.7 Å². The van der Waals surface area contributed by atoms with Gasteiger partial charge in [0.1, 0.15) is 52.0 Å². The molecule has 3 aliphatic heterocycles. The van der Waals surface area contributed by atoms with Gasteiger partial charge in [0.15, 0.2) is 11.5 Å². The summed E-state index contributed by atoms with van der Waals surface area (Å²) < 4.78 is 15.0. The number of aliphatic hydroxyl groups is 6. The van der Waals surface area contributed by atoms with Crippen molar-refractivity contribution in [1.82, 2.24) is 46.6 Å². The van der Waals surface area contributed by atoms with E-state index >= 15 is 0 Å². The topological polar surface area (TPSA) is 434 Å². The molecule has 8 rings (SSSR count). The SMILES string of the molecule is CCCOc1ccc(-c2ccc(-c3nnc(-c4ccc(C(=O)N[C@H]5C[C@H](O)CNC(=O)[C@@H]6[C@@H](O)[C@H](C)CN6C(=O)[C@H]([C@H](O)CC#N)NC(=O)[C@H]([C@H](O)Cc6ccc(O)c(OSOOO)c6)NC(=O)[C@@H]6C[C@H](O)CN6C(=O)[C@H]([C@H](C)O)NC5=O)cc4)s3)cc2)cc1. The van der Waals surface area contributed by atoms with Gasteiger partial charge in [-0.15, -0.1) is 10.2 Å². The second kappa shape index (κ2) is 30.9. The number of carbonyl (C=O) groups excluding carboxylic acids is 7. The van der Waals surface area contributed by atoms with Gasteiger partial charge in [-0.25, -0.2) is 5.26 Å². The highest BCUT2D eigenvalue weighted by molar-refractivity contribution is 7.90. The molecule has 5 aromatic rings. The number of aromatic hydroxyl groups is 1. The number of benzene rings is 4. The van der Waals surface area contributed by atoms with Gasteiger partial charge in [-0.1, -0.05) is 89.2 Å². The number of nitrogens with zero attached hydrogens (tertiary/aromatic N) is 5. The number of fused-ring (bicyclic) bond motifs is 2. The zero-order valence-electron chi connectivity index (χ0n) is 48.7. The number of carbonyl (C=O) groups is 7. The Balaban J connectivity index is 1.06. The molecule has 0 saturated carbocycles. The first-order valence-corrected chi connectivity index (χ1v) is 30.0. The molecule has 31 heteroatoms. The van der Waals surface area contributed by atoms with E-state index < -0.39 is 165 Å². The van der Waals surface area contributed by atoms with Crippen molar-refractivity contribution >= 4 is 65.0 Å². The van der Waals surface area contributed by atoms with Crippen LogP contribution in [0.1, 0.15) is 62.4 Å². The third kappa shape index (κ3) is 16.5. The van der Waals surface area contributed by atoms with Crippen LogP contribution in [0, 0.1) is 17.2 Å². The normalized spacial score (nSPS) is 24.8. The number of hydrogen-bond donors (Lipinski definition) is 13. The van der Waals surface area contributed by atoms with Gasteiger partial charge in [-0.05, 0) is 66.4 Å². The molecular weight excluding hydrogens is 1220 g/mol. The van der Waals surface area contributed by atoms with Gasteiger partial charge >= 0.3 is 0 Å². The van der Waals surface area contributed by atoms with E-state index in [1.54, 1.807) is 18.2 Å². The Morgan fingerprint density at radius 1 is 0.767 bits per heavy atom. The molecule has 0 bridgehead atoms. The molecule has 13 N–H and O–H groups in total. The lowest BCUT2D eigenvalue weighted by atomic mass is 9.98. The van der Waals surface area contributed by atoms with Crippen molar-refractivity contribution in [2.45, 2.75) is 126 Å². The first-order valence-electron chi connectivity index (χ1n) is 28.6. The van der Waals surface area contributed by atoms with Gasteiger partial charge in [0, 0.05) is 61.5 Å². The number of hydrogen-bond acceptors (Lipinski definition) is 24. The van der Waals surface area contributed by atoms with Gasteiger partial charge in [-0.2, -0.15) is 5.26 Å². The first-order chi connectivity index (χ1) is 43.1. The van der Waals surface area contributed by atoms with Crippen molar-refractivity contribution in [2.75, 3.05) is 26.2 Å². The molecule has 29 nitrogen and oxygen atoms in total. The maximum atomic E-state index is 14.6. The summed E-state index contributed by atoms with van der Waals surface area (Å²) in [5, 5.41) is 122. The van der Waals surface area contributed by atoms with Crippen LogP contribution in [0.4, 0.5) is 0 Å². The van der Waals surface area contributed by atoms with E-state index in [2.05, 4.69) is 46.2 Å². The zero-order valence-corrected chi connectivity index (χ0v) is 50.3. The molecule has 0 spiro atoms. The molecule has 3 aliphatic rings. The van der Waals surface area contributed by atoms with E-state index in [1.165, 1.54) is 36.5 Å². The summed E-state index contributed by atoms with van der Waals surface area (Å²) >= 11 is 1.36. The maximum absolute atomic E-state index is 14.6. The second-order valence-electron chi connectivity index (χ2n) is 21.9. The van der Waals surface area contributed by atoms with E-state index in [0.29, 0.717) is 22.2 Å². The predicted molar refractivity (Wildman–Crippen MR) is 318 cm³/mol. The number of nitrogens with one attached hydrogen (secondary N) is 5. The molecule has 1 aromatic heterocycles. The Morgan fingerprint density at radius 3 is 2.01 bits per heavy atom. The molecule has 3 saturated heterocycles. The molecule has 4 heterocycles. The molecule has 0 radical (unpaired) electrons. The van der Waals surface area contributed by atoms with Gasteiger partial charge in [-0.3, -0.25) is 33.6 Å². The van der Waals surface area contributed by atoms with Crippen LogP contribution in [0.25, 0.3) is 32.3 Å². The summed E-state index contributed by atoms with van der Waals surface area (Å²) in [4.78, 5) is 103. The average molecular weight is 1290 g/mol. The maximum Gasteiger partial charge on any atom is 0.261 e. The lowest BCUT2D eigenvalue weighted by molar-refractivity contribution is -0.433. The van der Waals surface area contributed by atoms with E-state index in [4.69, 9.17) is 14.2 Å². The van der Waals surface area contributed by atoms with Crippen molar-refractivity contribution in [1.29, 1.82) is 5.26 Å². The van der Waals surface area contributed by atoms with Crippen LogP contribution >= 0.6 is 23.7 Å². The second-order valence-corrected chi connectivity index (χ2v) is 23.3. The van der Waals surface area contributed by atoms with Gasteiger partial charge in [0.25, 0.3) is 18.2 Å². The fraction of sp³-hybridized carbons (Fsp3) is 0.424. The molecule has 7 amide bonds. The lowest BCUT2D eigenvalue weighted by Crippen LogP contribution is -2.64. The number of phenolic OH excluding ortho intramolecular Hbond substituents is 1. The number of aliphatic hydroxyl groups excluding tert-OH is 6. The number of aromatic nitrogens is 2. The van der Waals surface area contributed by atoms with Gasteiger partial charge < -0.3 is 81.0 Å². The van der Waals surface area contributed by atoms with Crippen LogP contribution in [0.3, 0.4) is 0 Å². The predicted octanol–water partition coefficient (Wildman–Crippen LogP) is 0.259. The fourth-order valence-electron chi connectivity index (χ4n) is 10.5. The molecule has 480 valence electrons. The summed E-state index contributed by atoms with van der Waals surface area (Å²) in [6.07, 6.45) is -12.3. The van der Waals surface area contributed by atoms with Gasteiger partial charge in [0.05, 0.1) is 55.7 Å². The highest BCUT2D eigenvalue weighted by Crippen LogP contribution is 2.34. The zero-order chi connectivity index (χ0) is 64.9. The van der Waals surface area contributed by atoms with Crippen LogP contribution in [-0.4, -0.2) is 201 Å². The number of β-amino-alcohol motifs (C(OH)–C–C–N with tert-alkyl or cyclic N) is 1. The molecular formula is C59H68N10O19S2. The summed E-state index contributed by atoms with van der Waals surface area (Å²) in [5.41, 5.74) is 3.49. The van der Waals surface area contributed by atoms with Crippen LogP contribution in [0.15, 0.2) is 91.0 Å². The van der Waals surface area contributed by atoms with Crippen LogP contribution < -0.4 is 35.5 Å². The third-order valence-corrected chi connectivity index (χ3v) is 16.7. The van der Waals surface area contributed by atoms with E-state index in [-0.39, 0.29) is 35.7 Å². The largest absolute Gasteiger partial charge is 0.504 e. The van der Waals surface area contributed by atoms with Gasteiger partial charge in [0.2, 0.25) is 35.4 Å². The number of nitriles is 1. The highest BCUT2D eigenvalue weighted by atomic mass is 32.2. The molecule has 0 aliphatic carbocycles. The minimum atomic E-state index is -2.16. The van der Waals surface area contributed by atoms with Crippen molar-refractivity contribution in [3.8, 4) is 55.6 Å². The van der Waals surface area contributed by atoms with E-state index in [9.17, 15) is 74.6 Å². The Kier molecular flexibility index (Phi) is 23.2. The van der Waals surface area contributed by atoms with Crippen molar-refractivity contribution < 1.29 is 92.9 Å². The van der Waals surface area contributed by atoms with Crippen LogP contribution in [0.5, 0.6) is 17.2 Å². The molecule has 13 atom stereocenters. The Morgan fingerprint density at radius 2 is 1.38 bits per heavy atom. The average Bonchev–Trinajstić information content (AvgIpc) is 2.02. The fourth-order valence-corrected chi connectivity index (χ4v) is 11.6. The first kappa shape index (κ1) is 67.5. The Bertz CT molecular complexity index is 3390. The van der Waals surface area contributed by atoms with E-state index in [1.807, 2.05) is 55.5 Å². The number of ether oxygens (including phenoxy) is 1. The Hall–Kier alpha value is -8.39. The molecule has 0 unspecified atom stereocenters. The minimum absolute atomic E-state index is 0.00884. The van der Waals surface area contributed by atoms with Crippen molar-refractivity contribution in [2.24, 2.45) is 5.92 Å². The minimum Gasteiger partial charge on any atom is -0.504 e. The third-order valence-electron chi connectivity index (χ3n) is 15.3. The lowest BCUT2D eigenvalue weighted by Gasteiger charge is -2.33. The quantitative estimate of drug-likeness (QED) is 0.0242. The summed E-state index contributed by atoms with van der Waals surface area (Å²) in [6.45, 7) is 3.61. The molecule has 90 heavy (non-hydrogen) atoms. The molecule has 3 fully saturated rings. The number of amides is 7. The summed E-state index contributed by atoms with van der Waals surface area (Å²) in [5.74, 6) is -8.91. The Labute approximate surface area is 523 Å². The number of phenols is 1. The summed E-state index contributed by atoms with van der Waals surface area (Å²) in [6, 6.07) is 15.4. The van der Waals surface area contributed by atoms with Crippen LogP contribution in [-0.2, 0) is 44.6 Å². The smallest absolute Gasteiger partial charge is 0.261 e. The van der Waals surface area contributed by atoms with Crippen molar-refractivity contribution in [3.63, 3.8) is 0 Å². The number of rotatable bonds is 18. The monoisotopic (exact) mass is 1280 g/mol. The standard InChI is InChI=1S/C59H68N10O19S2/c1-4-21-85-39-16-14-33(15-17-39)32-6-10-35(11-7-32)56-66-67-57(89-56)36-12-8-34(9-13-36)51(77)62-40-24-37(71)26-61-55(81)49-50(76)29(2)27-69(49)59(83)48(43(74)19-20-60)65-54(80)47(44(75)22-31-5-18-42(73)45(23-31)86-90-88-87-84)64-53(79)41-25-38(72)28-68(41)58(82)46(30(3)70)63-52(40)78/h5-18,23,29-30,37-38,40-41,43-44,46-50,70-76,84H,4,19,21-22,24-28H2,1-3H3,(H,61,81)(H,62,77)(H,63,78)(H,64,79)(H,65,80)/t29-,30+,37+,38+,40+,41+,43-,44-,46+,47+,48+,49+,50+/m1/s1. The summed E-state index contributed by atoms with van der Waals surface area (Å²) in [7, 11) is 0. The highest BCUT2D eigenvalue weighted by Gasteiger charge is 2.50. The van der Waals surface area contributed by atoms with Crippen molar-refractivity contribution in [3.05, 3.63) is 102 Å².